The molecule has 2 N–H and O–H groups in total. The van der Waals surface area contributed by atoms with Gasteiger partial charge in [-0.3, -0.25) is 9.98 Å². The van der Waals surface area contributed by atoms with E-state index in [0.29, 0.717) is 18.3 Å². The number of sulfone groups is 1. The maximum absolute atomic E-state index is 12.9. The number of nitrogens with one attached hydrogen (secondary N) is 2. The van der Waals surface area contributed by atoms with Gasteiger partial charge in [-0.05, 0) is 48.0 Å². The van der Waals surface area contributed by atoms with Crippen LogP contribution in [0.1, 0.15) is 5.56 Å². The lowest BCUT2D eigenvalue weighted by molar-refractivity contribution is 0.414. The second kappa shape index (κ2) is 9.60. The number of rotatable bonds is 6. The third kappa shape index (κ3) is 5.08. The molecule has 0 radical (unpaired) electrons. The number of benzene rings is 2. The number of anilines is 1. The molecule has 0 atom stereocenters. The van der Waals surface area contributed by atoms with Gasteiger partial charge in [-0.2, -0.15) is 0 Å². The molecule has 0 aliphatic heterocycles. The highest BCUT2D eigenvalue weighted by atomic mass is 35.5. The molecule has 0 spiro atoms. The summed E-state index contributed by atoms with van der Waals surface area (Å²) in [5.74, 6) is 1.01. The predicted octanol–water partition coefficient (Wildman–Crippen LogP) is 3.76. The molecule has 156 valence electrons. The molecule has 2 aromatic carbocycles. The van der Waals surface area contributed by atoms with Crippen LogP contribution in [-0.2, 0) is 16.4 Å². The van der Waals surface area contributed by atoms with Crippen LogP contribution in [0.3, 0.4) is 0 Å². The van der Waals surface area contributed by atoms with Gasteiger partial charge in [0.05, 0.1) is 21.9 Å². The fourth-order valence-corrected chi connectivity index (χ4v) is 4.28. The largest absolute Gasteiger partial charge is 0.495 e. The van der Waals surface area contributed by atoms with Gasteiger partial charge in [-0.15, -0.1) is 0 Å². The van der Waals surface area contributed by atoms with Gasteiger partial charge in [0, 0.05) is 31.7 Å². The van der Waals surface area contributed by atoms with Gasteiger partial charge in [0.25, 0.3) is 0 Å². The first kappa shape index (κ1) is 21.6. The normalized spacial score (nSPS) is 11.8. The Kier molecular flexibility index (Phi) is 6.91. The summed E-state index contributed by atoms with van der Waals surface area (Å²) >= 11 is 6.07. The number of halogens is 1. The quantitative estimate of drug-likeness (QED) is 0.444. The molecule has 0 amide bonds. The van der Waals surface area contributed by atoms with Gasteiger partial charge >= 0.3 is 0 Å². The van der Waals surface area contributed by atoms with Crippen LogP contribution in [0.4, 0.5) is 5.69 Å². The van der Waals surface area contributed by atoms with E-state index >= 15 is 0 Å². The number of hydrogen-bond donors (Lipinski definition) is 2. The van der Waals surface area contributed by atoms with Crippen molar-refractivity contribution >= 4 is 33.1 Å². The van der Waals surface area contributed by atoms with Crippen molar-refractivity contribution in [2.45, 2.75) is 16.3 Å². The average molecular weight is 445 g/mol. The molecular weight excluding hydrogens is 424 g/mol. The minimum absolute atomic E-state index is 0.112. The first-order valence-corrected chi connectivity index (χ1v) is 10.9. The Morgan fingerprint density at radius 1 is 1.07 bits per heavy atom. The summed E-state index contributed by atoms with van der Waals surface area (Å²) in [6.07, 6.45) is 3.37. The smallest absolute Gasteiger partial charge is 0.206 e. The molecule has 3 aromatic rings. The minimum Gasteiger partial charge on any atom is -0.495 e. The van der Waals surface area contributed by atoms with Crippen LogP contribution in [0.2, 0.25) is 5.02 Å². The number of nitrogens with zero attached hydrogens (tertiary/aromatic N) is 2. The fraction of sp³-hybridized carbons (Fsp3) is 0.143. The van der Waals surface area contributed by atoms with Crippen LogP contribution in [0, 0.1) is 0 Å². The highest BCUT2D eigenvalue weighted by Gasteiger charge is 2.19. The summed E-state index contributed by atoms with van der Waals surface area (Å²) in [6, 6.07) is 14.7. The van der Waals surface area contributed by atoms with Gasteiger partial charge in [-0.1, -0.05) is 23.7 Å². The molecule has 0 bridgehead atoms. The van der Waals surface area contributed by atoms with Gasteiger partial charge < -0.3 is 15.4 Å². The standard InChI is InChI=1S/C21H21ClN4O3S/c1-23-21(26-16-9-11-24-12-10-16)25-14-15-3-5-17(6-4-15)30(27,28)18-7-8-20(29-2)19(22)13-18/h3-13H,14H2,1-2H3,(H2,23,24,25,26). The van der Waals surface area contributed by atoms with Crippen molar-refractivity contribution in [2.24, 2.45) is 4.99 Å². The third-order valence-corrected chi connectivity index (χ3v) is 6.36. The van der Waals surface area contributed by atoms with Crippen LogP contribution in [0.25, 0.3) is 0 Å². The lowest BCUT2D eigenvalue weighted by Crippen LogP contribution is -2.30. The van der Waals surface area contributed by atoms with E-state index in [0.717, 1.165) is 11.3 Å². The van der Waals surface area contributed by atoms with Crippen molar-refractivity contribution in [1.82, 2.24) is 10.3 Å². The van der Waals surface area contributed by atoms with Crippen LogP contribution in [-0.4, -0.2) is 33.5 Å². The van der Waals surface area contributed by atoms with E-state index in [-0.39, 0.29) is 14.8 Å². The number of guanidine groups is 1. The first-order chi connectivity index (χ1) is 14.4. The van der Waals surface area contributed by atoms with Crippen molar-refractivity contribution < 1.29 is 13.2 Å². The second-order valence-corrected chi connectivity index (χ2v) is 8.59. The van der Waals surface area contributed by atoms with Gasteiger partial charge in [-0.25, -0.2) is 8.42 Å². The molecule has 1 heterocycles. The van der Waals surface area contributed by atoms with E-state index in [2.05, 4.69) is 20.6 Å². The van der Waals surface area contributed by atoms with Crippen LogP contribution < -0.4 is 15.4 Å². The molecule has 0 unspecified atom stereocenters. The number of pyridine rings is 1. The molecule has 7 nitrogen and oxygen atoms in total. The number of ether oxygens (including phenoxy) is 1. The molecule has 0 saturated carbocycles. The Labute approximate surface area is 180 Å². The van der Waals surface area contributed by atoms with Crippen molar-refractivity contribution in [1.29, 1.82) is 0 Å². The van der Waals surface area contributed by atoms with E-state index in [1.54, 1.807) is 43.7 Å². The fourth-order valence-electron chi connectivity index (χ4n) is 2.67. The van der Waals surface area contributed by atoms with Crippen molar-refractivity contribution in [3.8, 4) is 5.75 Å². The minimum atomic E-state index is -3.68. The zero-order valence-corrected chi connectivity index (χ0v) is 18.0. The maximum atomic E-state index is 12.9. The zero-order chi connectivity index (χ0) is 21.6. The van der Waals surface area contributed by atoms with Crippen LogP contribution in [0.5, 0.6) is 5.75 Å². The summed E-state index contributed by atoms with van der Waals surface area (Å²) in [4.78, 5) is 8.44. The molecule has 0 saturated heterocycles. The zero-order valence-electron chi connectivity index (χ0n) is 16.5. The van der Waals surface area contributed by atoms with Gasteiger partial charge in [0.1, 0.15) is 5.75 Å². The molecule has 0 fully saturated rings. The molecule has 3 rings (SSSR count). The third-order valence-electron chi connectivity index (χ3n) is 4.29. The Morgan fingerprint density at radius 2 is 1.73 bits per heavy atom. The first-order valence-electron chi connectivity index (χ1n) is 8.99. The lowest BCUT2D eigenvalue weighted by atomic mass is 10.2. The molecular formula is C21H21ClN4O3S. The van der Waals surface area contributed by atoms with Crippen molar-refractivity contribution in [3.05, 3.63) is 77.6 Å². The Balaban J connectivity index is 1.69. The highest BCUT2D eigenvalue weighted by molar-refractivity contribution is 7.91. The average Bonchev–Trinajstić information content (AvgIpc) is 2.77. The monoisotopic (exact) mass is 444 g/mol. The van der Waals surface area contributed by atoms with Crippen molar-refractivity contribution in [3.63, 3.8) is 0 Å². The Hall–Kier alpha value is -3.10. The maximum Gasteiger partial charge on any atom is 0.206 e. The van der Waals surface area contributed by atoms with E-state index in [4.69, 9.17) is 16.3 Å². The molecule has 1 aromatic heterocycles. The summed E-state index contributed by atoms with van der Waals surface area (Å²) in [7, 11) is -0.534. The van der Waals surface area contributed by atoms with Gasteiger partial charge in [0.15, 0.2) is 5.96 Å². The van der Waals surface area contributed by atoms with E-state index in [9.17, 15) is 8.42 Å². The Bertz CT molecular complexity index is 1130. The van der Waals surface area contributed by atoms with Crippen LogP contribution >= 0.6 is 11.6 Å². The lowest BCUT2D eigenvalue weighted by Gasteiger charge is -2.12. The SMILES string of the molecule is CN=C(NCc1ccc(S(=O)(=O)c2ccc(OC)c(Cl)c2)cc1)Nc1ccncc1. The van der Waals surface area contributed by atoms with Crippen LogP contribution in [0.15, 0.2) is 81.8 Å². The van der Waals surface area contributed by atoms with Crippen molar-refractivity contribution in [2.75, 3.05) is 19.5 Å². The van der Waals surface area contributed by atoms with Gasteiger partial charge in [0.2, 0.25) is 9.84 Å². The number of aliphatic imine (C=N–C) groups is 1. The van der Waals surface area contributed by atoms with E-state index in [1.807, 2.05) is 12.1 Å². The molecule has 30 heavy (non-hydrogen) atoms. The summed E-state index contributed by atoms with van der Waals surface area (Å²) in [5, 5.41) is 6.58. The summed E-state index contributed by atoms with van der Waals surface area (Å²) in [6.45, 7) is 0.472. The number of methoxy groups -OCH3 is 1. The predicted molar refractivity (Wildman–Crippen MR) is 118 cm³/mol. The second-order valence-electron chi connectivity index (χ2n) is 6.23. The number of aromatic nitrogens is 1. The molecule has 0 aliphatic rings. The highest BCUT2D eigenvalue weighted by Crippen LogP contribution is 2.30. The summed E-state index contributed by atoms with van der Waals surface area (Å²) < 4.78 is 30.8. The van der Waals surface area contributed by atoms with E-state index in [1.165, 1.54) is 25.3 Å². The Morgan fingerprint density at radius 3 is 2.33 bits per heavy atom. The number of hydrogen-bond acceptors (Lipinski definition) is 5. The molecule has 9 heteroatoms. The van der Waals surface area contributed by atoms with E-state index < -0.39 is 9.84 Å². The topological polar surface area (TPSA) is 92.7 Å². The molecule has 0 aliphatic carbocycles. The summed E-state index contributed by atoms with van der Waals surface area (Å²) in [5.41, 5.74) is 1.76.